The summed E-state index contributed by atoms with van der Waals surface area (Å²) in [6, 6.07) is 11.9. The SMILES string of the molecule is C/C(=N\NS(=O)(=O)c1ccc(C)c([N+](=O)[O-])c1)c1ccc(C2CCCCC2)cc1. The van der Waals surface area contributed by atoms with Gasteiger partial charge in [0, 0.05) is 11.6 Å². The molecule has 3 rings (SSSR count). The molecular weight excluding hydrogens is 390 g/mol. The van der Waals surface area contributed by atoms with E-state index >= 15 is 0 Å². The van der Waals surface area contributed by atoms with Gasteiger partial charge in [-0.1, -0.05) is 49.6 Å². The molecule has 154 valence electrons. The highest BCUT2D eigenvalue weighted by molar-refractivity contribution is 7.89. The highest BCUT2D eigenvalue weighted by Crippen LogP contribution is 2.32. The molecule has 0 amide bonds. The van der Waals surface area contributed by atoms with Gasteiger partial charge in [0.25, 0.3) is 15.7 Å². The van der Waals surface area contributed by atoms with Gasteiger partial charge in [0.1, 0.15) is 0 Å². The highest BCUT2D eigenvalue weighted by Gasteiger charge is 2.20. The zero-order valence-electron chi connectivity index (χ0n) is 16.6. The lowest BCUT2D eigenvalue weighted by Crippen LogP contribution is -2.20. The predicted molar refractivity (Wildman–Crippen MR) is 113 cm³/mol. The van der Waals surface area contributed by atoms with E-state index in [1.54, 1.807) is 13.8 Å². The third kappa shape index (κ3) is 5.00. The lowest BCUT2D eigenvalue weighted by molar-refractivity contribution is -0.385. The first-order valence-corrected chi connectivity index (χ1v) is 11.2. The van der Waals surface area contributed by atoms with Crippen LogP contribution in [-0.2, 0) is 10.0 Å². The third-order valence-electron chi connectivity index (χ3n) is 5.43. The summed E-state index contributed by atoms with van der Waals surface area (Å²) in [7, 11) is -4.00. The van der Waals surface area contributed by atoms with Crippen LogP contribution >= 0.6 is 0 Å². The molecule has 2 aromatic carbocycles. The molecule has 0 aromatic heterocycles. The maximum Gasteiger partial charge on any atom is 0.276 e. The summed E-state index contributed by atoms with van der Waals surface area (Å²) in [4.78, 5) is 12.4. The Hall–Kier alpha value is -2.74. The maximum atomic E-state index is 12.5. The fourth-order valence-electron chi connectivity index (χ4n) is 3.63. The Balaban J connectivity index is 1.74. The van der Waals surface area contributed by atoms with Gasteiger partial charge in [-0.25, -0.2) is 0 Å². The number of nitro benzene ring substituents is 1. The van der Waals surface area contributed by atoms with Crippen LogP contribution in [0.3, 0.4) is 0 Å². The van der Waals surface area contributed by atoms with Gasteiger partial charge in [0.15, 0.2) is 0 Å². The van der Waals surface area contributed by atoms with Crippen LogP contribution in [0.5, 0.6) is 0 Å². The molecule has 1 N–H and O–H groups in total. The summed E-state index contributed by atoms with van der Waals surface area (Å²) in [5, 5.41) is 15.0. The zero-order valence-corrected chi connectivity index (χ0v) is 17.4. The lowest BCUT2D eigenvalue weighted by atomic mass is 9.84. The monoisotopic (exact) mass is 415 g/mol. The molecule has 0 aliphatic heterocycles. The summed E-state index contributed by atoms with van der Waals surface area (Å²) in [6.45, 7) is 3.27. The van der Waals surface area contributed by atoms with Crippen molar-refractivity contribution in [3.8, 4) is 0 Å². The molecule has 7 nitrogen and oxygen atoms in total. The van der Waals surface area contributed by atoms with E-state index in [0.29, 0.717) is 17.2 Å². The molecule has 0 saturated heterocycles. The summed E-state index contributed by atoms with van der Waals surface area (Å²) in [6.07, 6.45) is 6.28. The number of nitrogens with zero attached hydrogens (tertiary/aromatic N) is 2. The third-order valence-corrected chi connectivity index (χ3v) is 6.63. The fourth-order valence-corrected chi connectivity index (χ4v) is 4.51. The van der Waals surface area contributed by atoms with E-state index in [4.69, 9.17) is 0 Å². The molecule has 0 heterocycles. The molecule has 1 aliphatic rings. The van der Waals surface area contributed by atoms with Gasteiger partial charge < -0.3 is 0 Å². The number of hydrazone groups is 1. The number of nitrogens with one attached hydrogen (secondary N) is 1. The largest absolute Gasteiger partial charge is 0.276 e. The van der Waals surface area contributed by atoms with E-state index in [0.717, 1.165) is 11.6 Å². The average Bonchev–Trinajstić information content (AvgIpc) is 2.73. The first kappa shape index (κ1) is 21.0. The van der Waals surface area contributed by atoms with Crippen LogP contribution in [0.1, 0.15) is 61.6 Å². The number of rotatable bonds is 6. The summed E-state index contributed by atoms with van der Waals surface area (Å²) in [5.74, 6) is 0.603. The number of aryl methyl sites for hydroxylation is 1. The van der Waals surface area contributed by atoms with Crippen molar-refractivity contribution in [1.29, 1.82) is 0 Å². The molecule has 0 radical (unpaired) electrons. The average molecular weight is 416 g/mol. The zero-order chi connectivity index (χ0) is 21.0. The molecular formula is C21H25N3O4S. The quantitative estimate of drug-likeness (QED) is 0.421. The molecule has 0 spiro atoms. The molecule has 29 heavy (non-hydrogen) atoms. The van der Waals surface area contributed by atoms with Crippen LogP contribution in [0.2, 0.25) is 0 Å². The van der Waals surface area contributed by atoms with Crippen LogP contribution in [0.25, 0.3) is 0 Å². The van der Waals surface area contributed by atoms with E-state index in [1.165, 1.54) is 49.8 Å². The van der Waals surface area contributed by atoms with Crippen LogP contribution in [0.15, 0.2) is 52.5 Å². The maximum absolute atomic E-state index is 12.5. The topological polar surface area (TPSA) is 102 Å². The van der Waals surface area contributed by atoms with Crippen molar-refractivity contribution < 1.29 is 13.3 Å². The minimum absolute atomic E-state index is 0.195. The normalized spacial score (nSPS) is 15.9. The molecule has 0 atom stereocenters. The number of hydrogen-bond acceptors (Lipinski definition) is 5. The first-order chi connectivity index (χ1) is 13.8. The van der Waals surface area contributed by atoms with Gasteiger partial charge in [0.2, 0.25) is 0 Å². The first-order valence-electron chi connectivity index (χ1n) is 9.69. The number of benzene rings is 2. The Morgan fingerprint density at radius 1 is 1.10 bits per heavy atom. The smallest absolute Gasteiger partial charge is 0.258 e. The van der Waals surface area contributed by atoms with Gasteiger partial charge in [0.05, 0.1) is 15.5 Å². The molecule has 1 fully saturated rings. The summed E-state index contributed by atoms with van der Waals surface area (Å²) >= 11 is 0. The van der Waals surface area contributed by atoms with Crippen molar-refractivity contribution in [2.45, 2.75) is 56.8 Å². The summed E-state index contributed by atoms with van der Waals surface area (Å²) < 4.78 is 24.9. The van der Waals surface area contributed by atoms with Crippen molar-refractivity contribution in [3.05, 3.63) is 69.3 Å². The highest BCUT2D eigenvalue weighted by atomic mass is 32.2. The molecule has 0 unspecified atom stereocenters. The van der Waals surface area contributed by atoms with Crippen molar-refractivity contribution in [2.24, 2.45) is 5.10 Å². The van der Waals surface area contributed by atoms with Crippen LogP contribution in [-0.4, -0.2) is 19.1 Å². The second kappa shape index (κ2) is 8.73. The van der Waals surface area contributed by atoms with Crippen molar-refractivity contribution >= 4 is 21.4 Å². The van der Waals surface area contributed by atoms with Crippen molar-refractivity contribution in [2.75, 3.05) is 0 Å². The van der Waals surface area contributed by atoms with Gasteiger partial charge >= 0.3 is 0 Å². The Morgan fingerprint density at radius 3 is 2.38 bits per heavy atom. The van der Waals surface area contributed by atoms with Gasteiger partial charge in [-0.2, -0.15) is 18.4 Å². The predicted octanol–water partition coefficient (Wildman–Crippen LogP) is 4.65. The van der Waals surface area contributed by atoms with E-state index in [9.17, 15) is 18.5 Å². The van der Waals surface area contributed by atoms with Crippen molar-refractivity contribution in [1.82, 2.24) is 4.83 Å². The Kier molecular flexibility index (Phi) is 6.32. The molecule has 1 aliphatic carbocycles. The standard InChI is InChI=1S/C21H25N3O4S/c1-15-8-13-20(14-21(15)24(25)26)29(27,28)23-22-16(2)17-9-11-19(12-10-17)18-6-4-3-5-7-18/h8-14,18,23H,3-7H2,1-2H3/b22-16+. The second-order valence-corrected chi connectivity index (χ2v) is 9.12. The number of nitro groups is 1. The molecule has 1 saturated carbocycles. The fraction of sp³-hybridized carbons (Fsp3) is 0.381. The number of sulfonamides is 1. The minimum atomic E-state index is -4.00. The van der Waals surface area contributed by atoms with Gasteiger partial charge in [-0.15, -0.1) is 0 Å². The van der Waals surface area contributed by atoms with E-state index in [2.05, 4.69) is 22.1 Å². The molecule has 0 bridgehead atoms. The van der Waals surface area contributed by atoms with E-state index < -0.39 is 14.9 Å². The van der Waals surface area contributed by atoms with E-state index in [1.807, 2.05) is 12.1 Å². The van der Waals surface area contributed by atoms with Crippen LogP contribution in [0.4, 0.5) is 5.69 Å². The second-order valence-electron chi connectivity index (χ2n) is 7.45. The Labute approximate surface area is 171 Å². The van der Waals surface area contributed by atoms with Crippen LogP contribution in [0, 0.1) is 17.0 Å². The minimum Gasteiger partial charge on any atom is -0.258 e. The van der Waals surface area contributed by atoms with Gasteiger partial charge in [-0.05, 0) is 49.8 Å². The Bertz CT molecular complexity index is 1020. The van der Waals surface area contributed by atoms with Crippen LogP contribution < -0.4 is 4.83 Å². The molecule has 2 aromatic rings. The lowest BCUT2D eigenvalue weighted by Gasteiger charge is -2.22. The Morgan fingerprint density at radius 2 is 1.76 bits per heavy atom. The summed E-state index contributed by atoms with van der Waals surface area (Å²) in [5.41, 5.74) is 2.81. The van der Waals surface area contributed by atoms with E-state index in [-0.39, 0.29) is 10.6 Å². The van der Waals surface area contributed by atoms with Crippen molar-refractivity contribution in [3.63, 3.8) is 0 Å². The van der Waals surface area contributed by atoms with Gasteiger partial charge in [-0.3, -0.25) is 10.1 Å². The molecule has 8 heteroatoms. The number of hydrogen-bond donors (Lipinski definition) is 1.